The van der Waals surface area contributed by atoms with Crippen LogP contribution in [0, 0.1) is 40.9 Å². The molecule has 0 aromatic heterocycles. The summed E-state index contributed by atoms with van der Waals surface area (Å²) in [7, 11) is 0. The van der Waals surface area contributed by atoms with Crippen LogP contribution in [0.1, 0.15) is 184 Å². The van der Waals surface area contributed by atoms with E-state index >= 15 is 0 Å². The SMILES string of the molecule is CCCCC(CC)CC(CC(CC)CCCC)C(COO)(COO)C(CC(CC)CCCC)CC(CC)CCCC. The zero-order chi connectivity index (χ0) is 30.9. The van der Waals surface area contributed by atoms with Crippen LogP contribution in [0.4, 0.5) is 0 Å². The van der Waals surface area contributed by atoms with E-state index in [2.05, 4.69) is 55.4 Å². The highest BCUT2D eigenvalue weighted by Crippen LogP contribution is 2.50. The molecule has 0 aliphatic rings. The number of rotatable bonds is 30. The van der Waals surface area contributed by atoms with Crippen molar-refractivity contribution in [2.24, 2.45) is 40.9 Å². The minimum Gasteiger partial charge on any atom is -0.252 e. The summed E-state index contributed by atoms with van der Waals surface area (Å²) in [5.74, 6) is 3.33. The van der Waals surface area contributed by atoms with Gasteiger partial charge in [0.25, 0.3) is 0 Å². The maximum Gasteiger partial charge on any atom is 0.0904 e. The molecule has 0 saturated heterocycles. The topological polar surface area (TPSA) is 58.9 Å². The Bertz CT molecular complexity index is 469. The van der Waals surface area contributed by atoms with E-state index in [0.717, 1.165) is 25.7 Å². The molecule has 41 heavy (non-hydrogen) atoms. The second-order valence-corrected chi connectivity index (χ2v) is 13.8. The van der Waals surface area contributed by atoms with E-state index in [9.17, 15) is 10.5 Å². The molecule has 0 spiro atoms. The third-order valence-corrected chi connectivity index (χ3v) is 10.9. The fourth-order valence-electron chi connectivity index (χ4n) is 7.75. The van der Waals surface area contributed by atoms with Crippen LogP contribution in [-0.2, 0) is 9.78 Å². The smallest absolute Gasteiger partial charge is 0.0904 e. The van der Waals surface area contributed by atoms with Gasteiger partial charge in [-0.25, -0.2) is 9.78 Å². The van der Waals surface area contributed by atoms with Gasteiger partial charge in [-0.3, -0.25) is 10.5 Å². The summed E-state index contributed by atoms with van der Waals surface area (Å²) in [5, 5.41) is 20.4. The van der Waals surface area contributed by atoms with Gasteiger partial charge >= 0.3 is 0 Å². The average molecular weight is 585 g/mol. The molecule has 0 heterocycles. The first kappa shape index (κ1) is 40.8. The summed E-state index contributed by atoms with van der Waals surface area (Å²) >= 11 is 0. The highest BCUT2D eigenvalue weighted by Gasteiger charge is 2.48. The van der Waals surface area contributed by atoms with Crippen molar-refractivity contribution in [2.45, 2.75) is 184 Å². The minimum atomic E-state index is -0.401. The Labute approximate surface area is 258 Å². The lowest BCUT2D eigenvalue weighted by atomic mass is 9.58. The van der Waals surface area contributed by atoms with Gasteiger partial charge in [-0.05, 0) is 61.2 Å². The van der Waals surface area contributed by atoms with Crippen LogP contribution in [0.25, 0.3) is 0 Å². The zero-order valence-electron chi connectivity index (χ0n) is 29.2. The Balaban J connectivity index is 6.90. The van der Waals surface area contributed by atoms with Crippen molar-refractivity contribution in [1.29, 1.82) is 0 Å². The largest absolute Gasteiger partial charge is 0.252 e. The maximum absolute atomic E-state index is 10.2. The van der Waals surface area contributed by atoms with E-state index in [4.69, 9.17) is 9.78 Å². The van der Waals surface area contributed by atoms with E-state index in [1.54, 1.807) is 0 Å². The van der Waals surface area contributed by atoms with E-state index < -0.39 is 5.41 Å². The Morgan fingerprint density at radius 1 is 0.439 bits per heavy atom. The minimum absolute atomic E-state index is 0.256. The van der Waals surface area contributed by atoms with Gasteiger partial charge in [0, 0.05) is 5.41 Å². The fraction of sp³-hybridized carbons (Fsp3) is 1.00. The van der Waals surface area contributed by atoms with Crippen molar-refractivity contribution in [1.82, 2.24) is 0 Å². The van der Waals surface area contributed by atoms with Crippen molar-refractivity contribution in [3.63, 3.8) is 0 Å². The van der Waals surface area contributed by atoms with Crippen LogP contribution in [0.5, 0.6) is 0 Å². The molecule has 0 fully saturated rings. The van der Waals surface area contributed by atoms with Gasteiger partial charge in [-0.1, -0.05) is 158 Å². The number of unbranched alkanes of at least 4 members (excludes halogenated alkanes) is 4. The Hall–Kier alpha value is -0.160. The molecule has 4 unspecified atom stereocenters. The summed E-state index contributed by atoms with van der Waals surface area (Å²) in [5.41, 5.74) is -0.401. The molecule has 0 aliphatic heterocycles. The monoisotopic (exact) mass is 585 g/mol. The molecule has 0 amide bonds. The van der Waals surface area contributed by atoms with Crippen LogP contribution < -0.4 is 0 Å². The molecule has 0 aliphatic carbocycles. The lowest BCUT2D eigenvalue weighted by Crippen LogP contribution is -2.48. The second kappa shape index (κ2) is 26.3. The molecule has 0 bridgehead atoms. The molecule has 4 heteroatoms. The predicted octanol–water partition coefficient (Wildman–Crippen LogP) is 12.6. The first-order valence-electron chi connectivity index (χ1n) is 18.4. The first-order chi connectivity index (χ1) is 19.9. The van der Waals surface area contributed by atoms with Crippen LogP contribution in [0.3, 0.4) is 0 Å². The molecular formula is C37H76O4. The normalized spacial score (nSPS) is 16.8. The molecule has 2 N–H and O–H groups in total. The fourth-order valence-corrected chi connectivity index (χ4v) is 7.75. The molecule has 4 nitrogen and oxygen atoms in total. The quantitative estimate of drug-likeness (QED) is 0.0651. The maximum atomic E-state index is 10.2. The third kappa shape index (κ3) is 15.9. The van der Waals surface area contributed by atoms with Gasteiger partial charge < -0.3 is 0 Å². The van der Waals surface area contributed by atoms with Crippen LogP contribution in [0.2, 0.25) is 0 Å². The Morgan fingerprint density at radius 2 is 0.683 bits per heavy atom. The van der Waals surface area contributed by atoms with Crippen molar-refractivity contribution in [2.75, 3.05) is 13.2 Å². The summed E-state index contributed by atoms with van der Waals surface area (Å²) in [6, 6.07) is 0. The third-order valence-electron chi connectivity index (χ3n) is 10.9. The van der Waals surface area contributed by atoms with E-state index in [-0.39, 0.29) is 13.2 Å². The Kier molecular flexibility index (Phi) is 26.2. The highest BCUT2D eigenvalue weighted by atomic mass is 17.1. The summed E-state index contributed by atoms with van der Waals surface area (Å²) in [6.07, 6.45) is 24.3. The van der Waals surface area contributed by atoms with Crippen LogP contribution in [-0.4, -0.2) is 23.7 Å². The molecule has 0 radical (unpaired) electrons. The molecule has 0 rings (SSSR count). The standard InChI is InChI=1S/C37H76O4/c1-9-17-21-31(13-5)25-35(26-32(14-6)22-18-10-2)37(29-40-38,30-41-39)36(27-33(15-7)23-19-11-3)28-34(16-8)24-20-12-4/h31-36,38-39H,9-30H2,1-8H3. The molecule has 0 aromatic carbocycles. The van der Waals surface area contributed by atoms with E-state index in [0.29, 0.717) is 35.5 Å². The predicted molar refractivity (Wildman–Crippen MR) is 178 cm³/mol. The van der Waals surface area contributed by atoms with Gasteiger partial charge in [0.15, 0.2) is 0 Å². The van der Waals surface area contributed by atoms with Crippen LogP contribution >= 0.6 is 0 Å². The Morgan fingerprint density at radius 3 is 0.854 bits per heavy atom. The number of hydrogen-bond donors (Lipinski definition) is 2. The van der Waals surface area contributed by atoms with Crippen molar-refractivity contribution >= 4 is 0 Å². The summed E-state index contributed by atoms with van der Waals surface area (Å²) < 4.78 is 0. The van der Waals surface area contributed by atoms with Gasteiger partial charge in [0.1, 0.15) is 0 Å². The van der Waals surface area contributed by atoms with Gasteiger partial charge in [-0.2, -0.15) is 0 Å². The van der Waals surface area contributed by atoms with Crippen molar-refractivity contribution in [3.8, 4) is 0 Å². The van der Waals surface area contributed by atoms with Gasteiger partial charge in [0.2, 0.25) is 0 Å². The van der Waals surface area contributed by atoms with Crippen molar-refractivity contribution in [3.05, 3.63) is 0 Å². The molecule has 4 atom stereocenters. The van der Waals surface area contributed by atoms with Gasteiger partial charge in [0.05, 0.1) is 13.2 Å². The van der Waals surface area contributed by atoms with E-state index in [1.807, 2.05) is 0 Å². The molecule has 0 saturated carbocycles. The van der Waals surface area contributed by atoms with E-state index in [1.165, 1.54) is 103 Å². The second-order valence-electron chi connectivity index (χ2n) is 13.8. The first-order valence-corrected chi connectivity index (χ1v) is 18.4. The highest BCUT2D eigenvalue weighted by molar-refractivity contribution is 4.95. The molecule has 248 valence electrons. The van der Waals surface area contributed by atoms with Crippen LogP contribution in [0.15, 0.2) is 0 Å². The summed E-state index contributed by atoms with van der Waals surface area (Å²) in [4.78, 5) is 10.4. The zero-order valence-corrected chi connectivity index (χ0v) is 29.2. The average Bonchev–Trinajstić information content (AvgIpc) is 2.99. The van der Waals surface area contributed by atoms with Crippen molar-refractivity contribution < 1.29 is 20.3 Å². The molecular weight excluding hydrogens is 508 g/mol. The van der Waals surface area contributed by atoms with Gasteiger partial charge in [-0.15, -0.1) is 0 Å². The lowest BCUT2D eigenvalue weighted by Gasteiger charge is -2.49. The summed E-state index contributed by atoms with van der Waals surface area (Å²) in [6.45, 7) is 19.1. The lowest BCUT2D eigenvalue weighted by molar-refractivity contribution is -0.318. The number of hydrogen-bond acceptors (Lipinski definition) is 4. The molecule has 0 aromatic rings.